The van der Waals surface area contributed by atoms with E-state index in [2.05, 4.69) is 6.07 Å². The fourth-order valence-corrected chi connectivity index (χ4v) is 4.16. The van der Waals surface area contributed by atoms with Crippen LogP contribution >= 0.6 is 0 Å². The molecule has 0 aliphatic carbocycles. The van der Waals surface area contributed by atoms with Gasteiger partial charge in [0.25, 0.3) is 0 Å². The van der Waals surface area contributed by atoms with Gasteiger partial charge in [0.05, 0.1) is 49.1 Å². The second-order valence-corrected chi connectivity index (χ2v) is 8.00. The van der Waals surface area contributed by atoms with Gasteiger partial charge >= 0.3 is 11.9 Å². The second kappa shape index (κ2) is 11.4. The average molecular weight is 494 g/mol. The molecule has 9 heteroatoms. The standard InChI is InChI=1S/C27H28FN3O5/c1-5-18(6-2)36-21-13-12-17(28)14-20(21)31-24(27(33)35-4)23(26(32)34-3)22(19(15-29)25(31)30)16-10-8-7-9-11-16/h7-14,18,22H,5-6,30H2,1-4H3. The maximum atomic E-state index is 14.6. The Hall–Kier alpha value is -4.32. The number of hydrogen-bond acceptors (Lipinski definition) is 8. The molecule has 2 aromatic carbocycles. The Labute approximate surface area is 209 Å². The van der Waals surface area contributed by atoms with Crippen LogP contribution in [0.5, 0.6) is 5.75 Å². The molecule has 0 fully saturated rings. The Morgan fingerprint density at radius 1 is 1.08 bits per heavy atom. The molecule has 1 aliphatic heterocycles. The summed E-state index contributed by atoms with van der Waals surface area (Å²) >= 11 is 0. The van der Waals surface area contributed by atoms with Gasteiger partial charge in [-0.25, -0.2) is 14.0 Å². The topological polar surface area (TPSA) is 115 Å². The van der Waals surface area contributed by atoms with Crippen molar-refractivity contribution in [3.63, 3.8) is 0 Å². The third-order valence-electron chi connectivity index (χ3n) is 5.98. The summed E-state index contributed by atoms with van der Waals surface area (Å²) < 4.78 is 30.7. The van der Waals surface area contributed by atoms with Crippen LogP contribution in [0.3, 0.4) is 0 Å². The fraction of sp³-hybridized carbons (Fsp3) is 0.296. The minimum absolute atomic E-state index is 0.0213. The second-order valence-electron chi connectivity index (χ2n) is 8.00. The normalized spacial score (nSPS) is 15.6. The highest BCUT2D eigenvalue weighted by atomic mass is 19.1. The van der Waals surface area contributed by atoms with E-state index < -0.39 is 23.7 Å². The molecule has 3 rings (SSSR count). The quantitative estimate of drug-likeness (QED) is 0.542. The van der Waals surface area contributed by atoms with Gasteiger partial charge in [0.2, 0.25) is 0 Å². The van der Waals surface area contributed by atoms with Crippen LogP contribution in [0, 0.1) is 17.1 Å². The van der Waals surface area contributed by atoms with Gasteiger partial charge in [-0.1, -0.05) is 44.2 Å². The number of nitriles is 1. The van der Waals surface area contributed by atoms with E-state index >= 15 is 0 Å². The van der Waals surface area contributed by atoms with Gasteiger partial charge in [0.1, 0.15) is 23.1 Å². The van der Waals surface area contributed by atoms with Crippen molar-refractivity contribution >= 4 is 17.6 Å². The van der Waals surface area contributed by atoms with E-state index in [0.29, 0.717) is 18.4 Å². The summed E-state index contributed by atoms with van der Waals surface area (Å²) in [6.45, 7) is 3.89. The van der Waals surface area contributed by atoms with Gasteiger partial charge in [-0.15, -0.1) is 0 Å². The number of benzene rings is 2. The van der Waals surface area contributed by atoms with Crippen molar-refractivity contribution in [2.75, 3.05) is 19.1 Å². The summed E-state index contributed by atoms with van der Waals surface area (Å²) in [5.74, 6) is -3.40. The minimum Gasteiger partial charge on any atom is -0.488 e. The molecule has 0 saturated heterocycles. The lowest BCUT2D eigenvalue weighted by Gasteiger charge is -2.36. The minimum atomic E-state index is -1.02. The summed E-state index contributed by atoms with van der Waals surface area (Å²) in [5, 5.41) is 10.1. The maximum Gasteiger partial charge on any atom is 0.355 e. The fourth-order valence-electron chi connectivity index (χ4n) is 4.16. The zero-order valence-corrected chi connectivity index (χ0v) is 20.6. The first kappa shape index (κ1) is 26.3. The van der Waals surface area contributed by atoms with Crippen LogP contribution in [0.1, 0.15) is 38.2 Å². The number of methoxy groups -OCH3 is 2. The first-order chi connectivity index (χ1) is 17.3. The molecular formula is C27H28FN3O5. The third kappa shape index (κ3) is 4.89. The molecule has 188 valence electrons. The zero-order valence-electron chi connectivity index (χ0n) is 20.6. The number of halogens is 1. The van der Waals surface area contributed by atoms with E-state index in [0.717, 1.165) is 25.2 Å². The first-order valence-corrected chi connectivity index (χ1v) is 11.4. The number of nitrogens with zero attached hydrogens (tertiary/aromatic N) is 2. The van der Waals surface area contributed by atoms with Crippen LogP contribution in [0.2, 0.25) is 0 Å². The molecular weight excluding hydrogens is 465 g/mol. The van der Waals surface area contributed by atoms with Crippen molar-refractivity contribution < 1.29 is 28.2 Å². The zero-order chi connectivity index (χ0) is 26.4. The van der Waals surface area contributed by atoms with Crippen molar-refractivity contribution in [1.29, 1.82) is 5.26 Å². The number of rotatable bonds is 8. The third-order valence-corrected chi connectivity index (χ3v) is 5.98. The number of nitrogens with two attached hydrogens (primary N) is 1. The number of esters is 2. The lowest BCUT2D eigenvalue weighted by atomic mass is 9.81. The number of ether oxygens (including phenoxy) is 3. The molecule has 1 unspecified atom stereocenters. The first-order valence-electron chi connectivity index (χ1n) is 11.4. The Bertz CT molecular complexity index is 1250. The predicted molar refractivity (Wildman–Crippen MR) is 131 cm³/mol. The smallest absolute Gasteiger partial charge is 0.355 e. The predicted octanol–water partition coefficient (Wildman–Crippen LogP) is 4.29. The number of carbonyl (C=O) groups is 2. The molecule has 0 spiro atoms. The number of carbonyl (C=O) groups excluding carboxylic acids is 2. The molecule has 2 aromatic rings. The molecule has 8 nitrogen and oxygen atoms in total. The highest BCUT2D eigenvalue weighted by Crippen LogP contribution is 2.45. The van der Waals surface area contributed by atoms with Crippen LogP contribution in [0.15, 0.2) is 71.2 Å². The number of anilines is 1. The summed E-state index contributed by atoms with van der Waals surface area (Å²) in [6, 6.07) is 14.5. The lowest BCUT2D eigenvalue weighted by molar-refractivity contribution is -0.139. The van der Waals surface area contributed by atoms with E-state index in [1.807, 2.05) is 13.8 Å². The Balaban J connectivity index is 2.41. The van der Waals surface area contributed by atoms with Crippen molar-refractivity contribution in [3.05, 3.63) is 82.6 Å². The Kier molecular flexibility index (Phi) is 8.33. The highest BCUT2D eigenvalue weighted by Gasteiger charge is 2.43. The summed E-state index contributed by atoms with van der Waals surface area (Å²) in [5.41, 5.74) is 6.60. The van der Waals surface area contributed by atoms with E-state index in [9.17, 15) is 19.2 Å². The van der Waals surface area contributed by atoms with Crippen molar-refractivity contribution in [1.82, 2.24) is 0 Å². The summed E-state index contributed by atoms with van der Waals surface area (Å²) in [4.78, 5) is 27.5. The molecule has 1 aliphatic rings. The molecule has 0 radical (unpaired) electrons. The van der Waals surface area contributed by atoms with Crippen molar-refractivity contribution in [2.24, 2.45) is 5.73 Å². The van der Waals surface area contributed by atoms with Crippen LogP contribution in [0.25, 0.3) is 0 Å². The van der Waals surface area contributed by atoms with E-state index in [1.54, 1.807) is 30.3 Å². The monoisotopic (exact) mass is 493 g/mol. The molecule has 0 bridgehead atoms. The summed E-state index contributed by atoms with van der Waals surface area (Å²) in [6.07, 6.45) is 1.14. The van der Waals surface area contributed by atoms with Gasteiger partial charge < -0.3 is 19.9 Å². The van der Waals surface area contributed by atoms with Crippen LogP contribution in [0.4, 0.5) is 10.1 Å². The molecule has 1 atom stereocenters. The van der Waals surface area contributed by atoms with E-state index in [-0.39, 0.29) is 40.2 Å². The molecule has 36 heavy (non-hydrogen) atoms. The van der Waals surface area contributed by atoms with Crippen LogP contribution < -0.4 is 15.4 Å². The van der Waals surface area contributed by atoms with Crippen molar-refractivity contribution in [2.45, 2.75) is 38.7 Å². The molecule has 0 aromatic heterocycles. The number of allylic oxidation sites excluding steroid dienone is 1. The molecule has 2 N–H and O–H groups in total. The highest BCUT2D eigenvalue weighted by molar-refractivity contribution is 6.06. The molecule has 0 saturated carbocycles. The maximum absolute atomic E-state index is 14.6. The number of hydrogen-bond donors (Lipinski definition) is 1. The van der Waals surface area contributed by atoms with Crippen LogP contribution in [-0.4, -0.2) is 32.3 Å². The molecule has 0 amide bonds. The van der Waals surface area contributed by atoms with Gasteiger partial charge in [-0.05, 0) is 30.5 Å². The van der Waals surface area contributed by atoms with E-state index in [1.165, 1.54) is 12.1 Å². The Morgan fingerprint density at radius 3 is 2.28 bits per heavy atom. The average Bonchev–Trinajstić information content (AvgIpc) is 2.91. The molecule has 1 heterocycles. The van der Waals surface area contributed by atoms with E-state index in [4.69, 9.17) is 19.9 Å². The Morgan fingerprint density at radius 2 is 1.72 bits per heavy atom. The summed E-state index contributed by atoms with van der Waals surface area (Å²) in [7, 11) is 2.31. The van der Waals surface area contributed by atoms with Gasteiger partial charge in [-0.3, -0.25) is 4.90 Å². The van der Waals surface area contributed by atoms with Crippen molar-refractivity contribution in [3.8, 4) is 11.8 Å². The largest absolute Gasteiger partial charge is 0.488 e. The lowest BCUT2D eigenvalue weighted by Crippen LogP contribution is -2.41. The SMILES string of the molecule is CCC(CC)Oc1ccc(F)cc1N1C(N)=C(C#N)C(c2ccccc2)C(C(=O)OC)=C1C(=O)OC. The van der Waals surface area contributed by atoms with Gasteiger partial charge in [-0.2, -0.15) is 5.26 Å². The van der Waals surface area contributed by atoms with Gasteiger partial charge in [0.15, 0.2) is 0 Å². The van der Waals surface area contributed by atoms with Crippen LogP contribution in [-0.2, 0) is 19.1 Å². The van der Waals surface area contributed by atoms with Gasteiger partial charge in [0, 0.05) is 6.07 Å².